The summed E-state index contributed by atoms with van der Waals surface area (Å²) in [4.78, 5) is 4.75. The number of para-hydroxylation sites is 1. The first-order valence-electron chi connectivity index (χ1n) is 5.41. The van der Waals surface area contributed by atoms with Crippen molar-refractivity contribution in [2.45, 2.75) is 0 Å². The van der Waals surface area contributed by atoms with Crippen LogP contribution >= 0.6 is 11.3 Å². The van der Waals surface area contributed by atoms with Crippen molar-refractivity contribution >= 4 is 28.1 Å². The van der Waals surface area contributed by atoms with Crippen LogP contribution in [0.3, 0.4) is 0 Å². The number of anilines is 1. The van der Waals surface area contributed by atoms with Crippen molar-refractivity contribution in [1.82, 2.24) is 9.55 Å². The SMILES string of the molecule is Cn1cc(-c2nc(N)c(C#N)s2)c2ccccc21. The monoisotopic (exact) mass is 254 g/mol. The van der Waals surface area contributed by atoms with Crippen LogP contribution in [0.1, 0.15) is 4.88 Å². The van der Waals surface area contributed by atoms with Crippen LogP contribution in [0, 0.1) is 11.3 Å². The second-order valence-electron chi connectivity index (χ2n) is 4.02. The van der Waals surface area contributed by atoms with Gasteiger partial charge >= 0.3 is 0 Å². The van der Waals surface area contributed by atoms with E-state index in [0.29, 0.717) is 10.7 Å². The van der Waals surface area contributed by atoms with Crippen LogP contribution in [-0.2, 0) is 7.05 Å². The molecule has 0 aliphatic heterocycles. The van der Waals surface area contributed by atoms with E-state index in [1.807, 2.05) is 36.0 Å². The molecule has 0 fully saturated rings. The van der Waals surface area contributed by atoms with Crippen LogP contribution < -0.4 is 5.73 Å². The summed E-state index contributed by atoms with van der Waals surface area (Å²) in [7, 11) is 1.99. The lowest BCUT2D eigenvalue weighted by atomic mass is 10.2. The van der Waals surface area contributed by atoms with Gasteiger partial charge in [0.05, 0.1) is 0 Å². The van der Waals surface area contributed by atoms with Crippen molar-refractivity contribution < 1.29 is 0 Å². The Kier molecular flexibility index (Phi) is 2.32. The average Bonchev–Trinajstić information content (AvgIpc) is 2.91. The number of nitrogen functional groups attached to an aromatic ring is 1. The van der Waals surface area contributed by atoms with Gasteiger partial charge in [0.2, 0.25) is 0 Å². The minimum Gasteiger partial charge on any atom is -0.382 e. The van der Waals surface area contributed by atoms with E-state index in [2.05, 4.69) is 17.1 Å². The van der Waals surface area contributed by atoms with Gasteiger partial charge in [-0.1, -0.05) is 18.2 Å². The molecule has 5 heteroatoms. The molecule has 18 heavy (non-hydrogen) atoms. The van der Waals surface area contributed by atoms with E-state index >= 15 is 0 Å². The van der Waals surface area contributed by atoms with Gasteiger partial charge in [-0.3, -0.25) is 0 Å². The number of thiazole rings is 1. The zero-order chi connectivity index (χ0) is 12.7. The number of fused-ring (bicyclic) bond motifs is 1. The number of benzene rings is 1. The Balaban J connectivity index is 2.29. The smallest absolute Gasteiger partial charge is 0.153 e. The molecule has 2 heterocycles. The highest BCUT2D eigenvalue weighted by atomic mass is 32.1. The molecule has 0 amide bonds. The van der Waals surface area contributed by atoms with Crippen LogP contribution in [0.15, 0.2) is 30.5 Å². The highest BCUT2D eigenvalue weighted by molar-refractivity contribution is 7.16. The number of nitrogens with two attached hydrogens (primary N) is 1. The lowest BCUT2D eigenvalue weighted by Gasteiger charge is -1.93. The molecule has 0 saturated heterocycles. The van der Waals surface area contributed by atoms with Gasteiger partial charge in [0.1, 0.15) is 16.0 Å². The highest BCUT2D eigenvalue weighted by Crippen LogP contribution is 2.34. The summed E-state index contributed by atoms with van der Waals surface area (Å²) in [6, 6.07) is 10.2. The summed E-state index contributed by atoms with van der Waals surface area (Å²) < 4.78 is 2.05. The van der Waals surface area contributed by atoms with E-state index in [1.165, 1.54) is 11.3 Å². The third kappa shape index (κ3) is 1.47. The molecule has 3 rings (SSSR count). The molecule has 0 bridgehead atoms. The number of nitrogens with zero attached hydrogens (tertiary/aromatic N) is 3. The van der Waals surface area contributed by atoms with E-state index in [-0.39, 0.29) is 0 Å². The first-order valence-corrected chi connectivity index (χ1v) is 6.23. The average molecular weight is 254 g/mol. The van der Waals surface area contributed by atoms with Crippen molar-refractivity contribution in [3.63, 3.8) is 0 Å². The largest absolute Gasteiger partial charge is 0.382 e. The van der Waals surface area contributed by atoms with Gasteiger partial charge in [-0.2, -0.15) is 5.26 Å². The fraction of sp³-hybridized carbons (Fsp3) is 0.0769. The van der Waals surface area contributed by atoms with Crippen molar-refractivity contribution in [3.05, 3.63) is 35.3 Å². The predicted octanol–water partition coefficient (Wildman–Crippen LogP) is 2.76. The molecule has 0 unspecified atom stereocenters. The fourth-order valence-electron chi connectivity index (χ4n) is 2.04. The van der Waals surface area contributed by atoms with E-state index in [1.54, 1.807) is 0 Å². The van der Waals surface area contributed by atoms with E-state index in [4.69, 9.17) is 11.0 Å². The van der Waals surface area contributed by atoms with Crippen LogP contribution in [0.4, 0.5) is 5.82 Å². The predicted molar refractivity (Wildman–Crippen MR) is 73.2 cm³/mol. The first-order chi connectivity index (χ1) is 8.70. The van der Waals surface area contributed by atoms with E-state index in [9.17, 15) is 0 Å². The van der Waals surface area contributed by atoms with Crippen LogP contribution in [0.2, 0.25) is 0 Å². The maximum atomic E-state index is 8.93. The zero-order valence-electron chi connectivity index (χ0n) is 9.71. The van der Waals surface area contributed by atoms with Crippen molar-refractivity contribution in [3.8, 4) is 16.6 Å². The van der Waals surface area contributed by atoms with Crippen LogP contribution in [-0.4, -0.2) is 9.55 Å². The second kappa shape index (κ2) is 3.86. The molecular formula is C13H10N4S. The van der Waals surface area contributed by atoms with Crippen molar-refractivity contribution in [2.75, 3.05) is 5.73 Å². The normalized spacial score (nSPS) is 10.7. The highest BCUT2D eigenvalue weighted by Gasteiger charge is 2.14. The Morgan fingerprint density at radius 1 is 1.39 bits per heavy atom. The number of aromatic nitrogens is 2. The van der Waals surface area contributed by atoms with E-state index in [0.717, 1.165) is 21.5 Å². The minimum absolute atomic E-state index is 0.311. The molecule has 0 atom stereocenters. The van der Waals surface area contributed by atoms with Gasteiger partial charge in [0.25, 0.3) is 0 Å². The molecule has 3 aromatic rings. The summed E-state index contributed by atoms with van der Waals surface area (Å²) >= 11 is 1.33. The Bertz CT molecular complexity index is 776. The van der Waals surface area contributed by atoms with E-state index < -0.39 is 0 Å². The molecule has 0 saturated carbocycles. The zero-order valence-corrected chi connectivity index (χ0v) is 10.5. The lowest BCUT2D eigenvalue weighted by molar-refractivity contribution is 0.970. The Morgan fingerprint density at radius 2 is 2.17 bits per heavy atom. The molecular weight excluding hydrogens is 244 g/mol. The van der Waals surface area contributed by atoms with Gasteiger partial charge in [-0.25, -0.2) is 4.98 Å². The number of hydrogen-bond acceptors (Lipinski definition) is 4. The summed E-state index contributed by atoms with van der Waals surface area (Å²) in [6.45, 7) is 0. The molecule has 1 aromatic carbocycles. The first kappa shape index (κ1) is 10.8. The number of rotatable bonds is 1. The minimum atomic E-state index is 0.311. The molecule has 0 spiro atoms. The number of aryl methyl sites for hydroxylation is 1. The summed E-state index contributed by atoms with van der Waals surface area (Å²) in [5, 5.41) is 10.8. The van der Waals surface area contributed by atoms with Gasteiger partial charge in [0.15, 0.2) is 5.82 Å². The molecule has 0 aliphatic rings. The Hall–Kier alpha value is -2.32. The second-order valence-corrected chi connectivity index (χ2v) is 5.02. The third-order valence-electron chi connectivity index (χ3n) is 2.88. The Morgan fingerprint density at radius 3 is 2.89 bits per heavy atom. The Labute approximate surface area is 108 Å². The fourth-order valence-corrected chi connectivity index (χ4v) is 2.85. The van der Waals surface area contributed by atoms with Crippen molar-refractivity contribution in [1.29, 1.82) is 5.26 Å². The summed E-state index contributed by atoms with van der Waals surface area (Å²) in [6.07, 6.45) is 2.02. The molecule has 2 N–H and O–H groups in total. The standard InChI is InChI=1S/C13H10N4S/c1-17-7-9(8-4-2-3-5-10(8)17)13-16-12(15)11(6-14)18-13/h2-5,7H,15H2,1H3. The maximum Gasteiger partial charge on any atom is 0.153 e. The molecule has 4 nitrogen and oxygen atoms in total. The molecule has 0 aliphatic carbocycles. The molecule has 88 valence electrons. The third-order valence-corrected chi connectivity index (χ3v) is 3.89. The quantitative estimate of drug-likeness (QED) is 0.726. The maximum absolute atomic E-state index is 8.93. The number of hydrogen-bond donors (Lipinski definition) is 1. The summed E-state index contributed by atoms with van der Waals surface area (Å²) in [5.41, 5.74) is 7.87. The lowest BCUT2D eigenvalue weighted by Crippen LogP contribution is -1.86. The van der Waals surface area contributed by atoms with Gasteiger partial charge in [-0.15, -0.1) is 11.3 Å². The topological polar surface area (TPSA) is 67.6 Å². The molecule has 0 radical (unpaired) electrons. The summed E-state index contributed by atoms with van der Waals surface area (Å²) in [5.74, 6) is 0.311. The van der Waals surface area contributed by atoms with Crippen LogP contribution in [0.25, 0.3) is 21.5 Å². The molecule has 2 aromatic heterocycles. The van der Waals surface area contributed by atoms with Gasteiger partial charge in [-0.05, 0) is 6.07 Å². The van der Waals surface area contributed by atoms with Crippen LogP contribution in [0.5, 0.6) is 0 Å². The van der Waals surface area contributed by atoms with Gasteiger partial charge < -0.3 is 10.3 Å². The van der Waals surface area contributed by atoms with Gasteiger partial charge in [0, 0.05) is 29.7 Å². The van der Waals surface area contributed by atoms with Crippen molar-refractivity contribution in [2.24, 2.45) is 7.05 Å². The number of nitriles is 1.